The molecule has 18 heavy (non-hydrogen) atoms. The molecule has 0 amide bonds. The molecular formula is C11H13BF3KO2. The SMILES string of the molecule is Cc1cc([B-](F)(F)F)ccc1OC1CCOC1.[K+]. The van der Waals surface area contributed by atoms with Crippen LogP contribution in [0.2, 0.25) is 0 Å². The van der Waals surface area contributed by atoms with Crippen molar-refractivity contribution in [1.82, 2.24) is 0 Å². The van der Waals surface area contributed by atoms with Gasteiger partial charge in [-0.3, -0.25) is 0 Å². The van der Waals surface area contributed by atoms with E-state index >= 15 is 0 Å². The molecule has 0 spiro atoms. The molecule has 94 valence electrons. The van der Waals surface area contributed by atoms with Crippen LogP contribution in [0.4, 0.5) is 12.9 Å². The Kier molecular flexibility index (Phi) is 6.21. The first-order valence-electron chi connectivity index (χ1n) is 5.52. The molecule has 1 aromatic carbocycles. The third-order valence-electron chi connectivity index (χ3n) is 2.76. The van der Waals surface area contributed by atoms with Crippen LogP contribution in [0.3, 0.4) is 0 Å². The molecule has 2 rings (SSSR count). The molecule has 1 atom stereocenters. The summed E-state index contributed by atoms with van der Waals surface area (Å²) in [5, 5.41) is 0. The third-order valence-corrected chi connectivity index (χ3v) is 2.76. The zero-order chi connectivity index (χ0) is 12.5. The average Bonchev–Trinajstić information content (AvgIpc) is 2.72. The quantitative estimate of drug-likeness (QED) is 0.678. The summed E-state index contributed by atoms with van der Waals surface area (Å²) in [5.41, 5.74) is -0.0777. The number of hydrogen-bond donors (Lipinski definition) is 0. The molecule has 1 heterocycles. The van der Waals surface area contributed by atoms with E-state index in [4.69, 9.17) is 9.47 Å². The number of benzene rings is 1. The van der Waals surface area contributed by atoms with Crippen LogP contribution in [0.25, 0.3) is 0 Å². The molecule has 1 fully saturated rings. The molecule has 1 aliphatic heterocycles. The van der Waals surface area contributed by atoms with Crippen LogP contribution in [-0.4, -0.2) is 26.3 Å². The minimum absolute atomic E-state index is 0. The maximum absolute atomic E-state index is 12.5. The fraction of sp³-hybridized carbons (Fsp3) is 0.455. The van der Waals surface area contributed by atoms with Crippen molar-refractivity contribution >= 4 is 12.4 Å². The van der Waals surface area contributed by atoms with Crippen LogP contribution in [0.1, 0.15) is 12.0 Å². The number of hydrogen-bond acceptors (Lipinski definition) is 2. The van der Waals surface area contributed by atoms with Crippen molar-refractivity contribution in [2.24, 2.45) is 0 Å². The summed E-state index contributed by atoms with van der Waals surface area (Å²) >= 11 is 0. The monoisotopic (exact) mass is 284 g/mol. The third kappa shape index (κ3) is 4.25. The topological polar surface area (TPSA) is 18.5 Å². The molecule has 0 radical (unpaired) electrons. The maximum atomic E-state index is 12.5. The van der Waals surface area contributed by atoms with Gasteiger partial charge >= 0.3 is 58.4 Å². The van der Waals surface area contributed by atoms with Crippen LogP contribution in [0.15, 0.2) is 18.2 Å². The molecule has 0 N–H and O–H groups in total. The van der Waals surface area contributed by atoms with Gasteiger partial charge in [0.1, 0.15) is 11.9 Å². The zero-order valence-corrected chi connectivity index (χ0v) is 13.6. The van der Waals surface area contributed by atoms with Crippen molar-refractivity contribution in [3.8, 4) is 5.75 Å². The average molecular weight is 284 g/mol. The molecule has 1 saturated heterocycles. The molecule has 1 unspecified atom stereocenters. The van der Waals surface area contributed by atoms with Crippen LogP contribution in [0.5, 0.6) is 5.75 Å². The molecule has 1 aromatic rings. The maximum Gasteiger partial charge on any atom is 1.00 e. The Labute approximate surface area is 147 Å². The van der Waals surface area contributed by atoms with Gasteiger partial charge in [0.05, 0.1) is 13.2 Å². The van der Waals surface area contributed by atoms with Crippen LogP contribution in [-0.2, 0) is 4.74 Å². The fourth-order valence-corrected chi connectivity index (χ4v) is 1.79. The second-order valence-corrected chi connectivity index (χ2v) is 4.20. The molecule has 0 aliphatic carbocycles. The van der Waals surface area contributed by atoms with E-state index < -0.39 is 12.4 Å². The van der Waals surface area contributed by atoms with Crippen molar-refractivity contribution in [3.63, 3.8) is 0 Å². The van der Waals surface area contributed by atoms with Gasteiger partial charge in [0.15, 0.2) is 0 Å². The molecule has 1 aliphatic rings. The Hall–Kier alpha value is 0.471. The molecule has 0 aromatic heterocycles. The van der Waals surface area contributed by atoms with E-state index in [1.807, 2.05) is 0 Å². The van der Waals surface area contributed by atoms with Crippen LogP contribution in [0, 0.1) is 6.92 Å². The van der Waals surface area contributed by atoms with Gasteiger partial charge in [-0.25, -0.2) is 0 Å². The normalized spacial score (nSPS) is 19.4. The van der Waals surface area contributed by atoms with E-state index in [9.17, 15) is 12.9 Å². The smallest absolute Gasteiger partial charge is 0.488 e. The largest absolute Gasteiger partial charge is 1.00 e. The van der Waals surface area contributed by atoms with Crippen molar-refractivity contribution in [3.05, 3.63) is 23.8 Å². The number of aryl methyl sites for hydroxylation is 1. The van der Waals surface area contributed by atoms with E-state index in [0.717, 1.165) is 18.6 Å². The van der Waals surface area contributed by atoms with Crippen molar-refractivity contribution in [2.45, 2.75) is 19.4 Å². The van der Waals surface area contributed by atoms with Gasteiger partial charge in [0, 0.05) is 6.42 Å². The van der Waals surface area contributed by atoms with Gasteiger partial charge in [-0.2, -0.15) is 0 Å². The van der Waals surface area contributed by atoms with Gasteiger partial charge in [0.25, 0.3) is 0 Å². The fourth-order valence-electron chi connectivity index (χ4n) is 1.79. The predicted molar refractivity (Wildman–Crippen MR) is 59.7 cm³/mol. The zero-order valence-electron chi connectivity index (χ0n) is 10.5. The van der Waals surface area contributed by atoms with E-state index in [1.54, 1.807) is 6.92 Å². The Balaban J connectivity index is 0.00000162. The Morgan fingerprint density at radius 1 is 1.33 bits per heavy atom. The van der Waals surface area contributed by atoms with Gasteiger partial charge in [0.2, 0.25) is 0 Å². The summed E-state index contributed by atoms with van der Waals surface area (Å²) in [4.78, 5) is 0. The first-order chi connectivity index (χ1) is 7.97. The second kappa shape index (κ2) is 6.76. The Morgan fingerprint density at radius 2 is 2.06 bits per heavy atom. The molecule has 0 bridgehead atoms. The summed E-state index contributed by atoms with van der Waals surface area (Å²) in [6, 6.07) is 3.58. The van der Waals surface area contributed by atoms with Crippen LogP contribution >= 0.6 is 0 Å². The molecule has 0 saturated carbocycles. The standard InChI is InChI=1S/C11H13BF3O2.K/c1-8-6-9(12(13,14)15)2-3-11(8)17-10-4-5-16-7-10;/h2-3,6,10H,4-5,7H2,1H3;/q-1;+1. The number of rotatable bonds is 3. The number of ether oxygens (including phenoxy) is 2. The van der Waals surface area contributed by atoms with Crippen molar-refractivity contribution < 1.29 is 73.8 Å². The summed E-state index contributed by atoms with van der Waals surface area (Å²) < 4.78 is 48.3. The van der Waals surface area contributed by atoms with E-state index in [-0.39, 0.29) is 57.5 Å². The Bertz CT molecular complexity index is 406. The minimum Gasteiger partial charge on any atom is -0.488 e. The minimum atomic E-state index is -4.94. The van der Waals surface area contributed by atoms with Crippen molar-refractivity contribution in [2.75, 3.05) is 13.2 Å². The van der Waals surface area contributed by atoms with Gasteiger partial charge in [-0.05, 0) is 18.6 Å². The molecule has 7 heteroatoms. The molecular weight excluding hydrogens is 271 g/mol. The van der Waals surface area contributed by atoms with E-state index in [2.05, 4.69) is 0 Å². The first-order valence-corrected chi connectivity index (χ1v) is 5.52. The Morgan fingerprint density at radius 3 is 2.56 bits per heavy atom. The van der Waals surface area contributed by atoms with Gasteiger partial charge in [-0.1, -0.05) is 12.1 Å². The van der Waals surface area contributed by atoms with Crippen LogP contribution < -0.4 is 61.6 Å². The van der Waals surface area contributed by atoms with Crippen molar-refractivity contribution in [1.29, 1.82) is 0 Å². The van der Waals surface area contributed by atoms with E-state index in [1.165, 1.54) is 6.07 Å². The summed E-state index contributed by atoms with van der Waals surface area (Å²) in [7, 11) is 0. The molecule has 2 nitrogen and oxygen atoms in total. The summed E-state index contributed by atoms with van der Waals surface area (Å²) in [5.74, 6) is 0.504. The van der Waals surface area contributed by atoms with E-state index in [0.29, 0.717) is 24.5 Å². The second-order valence-electron chi connectivity index (χ2n) is 4.20. The van der Waals surface area contributed by atoms with Gasteiger partial charge in [-0.15, -0.1) is 5.46 Å². The summed E-state index contributed by atoms with van der Waals surface area (Å²) in [6.07, 6.45) is 0.737. The predicted octanol–water partition coefficient (Wildman–Crippen LogP) is -0.779. The number of halogens is 3. The summed E-state index contributed by atoms with van der Waals surface area (Å²) in [6.45, 7) is -2.17. The van der Waals surface area contributed by atoms with Gasteiger partial charge < -0.3 is 22.4 Å². The first kappa shape index (κ1) is 16.5.